The van der Waals surface area contributed by atoms with E-state index in [4.69, 9.17) is 9.47 Å². The lowest BCUT2D eigenvalue weighted by Crippen LogP contribution is -2.42. The number of morpholine rings is 1. The molecule has 0 amide bonds. The zero-order chi connectivity index (χ0) is 12.8. The minimum absolute atomic E-state index is 0.137. The zero-order valence-corrected chi connectivity index (χ0v) is 10.6. The van der Waals surface area contributed by atoms with E-state index in [0.717, 1.165) is 24.5 Å². The molecule has 0 saturated carbocycles. The van der Waals surface area contributed by atoms with Crippen molar-refractivity contribution in [2.45, 2.75) is 19.4 Å². The Bertz CT molecular complexity index is 383. The first-order valence-corrected chi connectivity index (χ1v) is 6.37. The highest BCUT2D eigenvalue weighted by atomic mass is 16.5. The summed E-state index contributed by atoms with van der Waals surface area (Å²) in [5, 5.41) is 3.28. The van der Waals surface area contributed by atoms with Gasteiger partial charge in [0.1, 0.15) is 5.75 Å². The van der Waals surface area contributed by atoms with Gasteiger partial charge in [-0.25, -0.2) is 0 Å². The van der Waals surface area contributed by atoms with Gasteiger partial charge in [0.15, 0.2) is 5.78 Å². The lowest BCUT2D eigenvalue weighted by molar-refractivity contribution is 0.0676. The summed E-state index contributed by atoms with van der Waals surface area (Å²) in [5.74, 6) is 0.939. The monoisotopic (exact) mass is 249 g/mol. The number of ketones is 1. The molecule has 1 N–H and O–H groups in total. The molecule has 1 atom stereocenters. The van der Waals surface area contributed by atoms with Crippen LogP contribution in [0.3, 0.4) is 0 Å². The van der Waals surface area contributed by atoms with E-state index in [1.807, 2.05) is 31.2 Å². The summed E-state index contributed by atoms with van der Waals surface area (Å²) in [4.78, 5) is 12.0. The first kappa shape index (κ1) is 13.1. The Morgan fingerprint density at radius 3 is 2.83 bits per heavy atom. The molecule has 0 bridgehead atoms. The highest BCUT2D eigenvalue weighted by molar-refractivity contribution is 5.96. The van der Waals surface area contributed by atoms with Crippen LogP contribution in [0.25, 0.3) is 0 Å². The molecule has 1 saturated heterocycles. The largest absolute Gasteiger partial charge is 0.494 e. The van der Waals surface area contributed by atoms with Crippen LogP contribution < -0.4 is 10.1 Å². The van der Waals surface area contributed by atoms with Crippen molar-refractivity contribution >= 4 is 5.78 Å². The maximum absolute atomic E-state index is 12.0. The number of nitrogens with one attached hydrogen (secondary N) is 1. The summed E-state index contributed by atoms with van der Waals surface area (Å²) in [5.41, 5.74) is 0.728. The van der Waals surface area contributed by atoms with Crippen molar-refractivity contribution in [1.82, 2.24) is 5.32 Å². The van der Waals surface area contributed by atoms with Crippen LogP contribution in [-0.4, -0.2) is 38.2 Å². The number of rotatable bonds is 5. The van der Waals surface area contributed by atoms with Crippen LogP contribution in [-0.2, 0) is 4.74 Å². The fourth-order valence-corrected chi connectivity index (χ4v) is 2.00. The van der Waals surface area contributed by atoms with Gasteiger partial charge in [-0.05, 0) is 31.2 Å². The summed E-state index contributed by atoms with van der Waals surface area (Å²) in [6.07, 6.45) is 0.480. The van der Waals surface area contributed by atoms with Crippen LogP contribution in [0, 0.1) is 0 Å². The predicted molar refractivity (Wildman–Crippen MR) is 69.2 cm³/mol. The Labute approximate surface area is 107 Å². The molecule has 2 rings (SSSR count). The zero-order valence-electron chi connectivity index (χ0n) is 10.6. The second-order valence-corrected chi connectivity index (χ2v) is 4.31. The Kier molecular flexibility index (Phi) is 4.73. The third kappa shape index (κ3) is 3.55. The summed E-state index contributed by atoms with van der Waals surface area (Å²) < 4.78 is 10.7. The molecule has 1 unspecified atom stereocenters. The van der Waals surface area contributed by atoms with Crippen LogP contribution in [0.2, 0.25) is 0 Å². The Morgan fingerprint density at radius 2 is 2.22 bits per heavy atom. The van der Waals surface area contributed by atoms with Crippen molar-refractivity contribution in [3.05, 3.63) is 29.8 Å². The number of carbonyl (C=O) groups is 1. The molecule has 1 aliphatic heterocycles. The highest BCUT2D eigenvalue weighted by Gasteiger charge is 2.17. The molecular formula is C14H19NO3. The van der Waals surface area contributed by atoms with Gasteiger partial charge in [-0.1, -0.05) is 0 Å². The van der Waals surface area contributed by atoms with E-state index in [9.17, 15) is 4.79 Å². The normalized spacial score (nSPS) is 19.5. The molecule has 0 aliphatic carbocycles. The molecule has 1 aromatic carbocycles. The molecule has 0 spiro atoms. The van der Waals surface area contributed by atoms with Gasteiger partial charge in [0.05, 0.1) is 19.8 Å². The minimum Gasteiger partial charge on any atom is -0.494 e. The lowest BCUT2D eigenvalue weighted by atomic mass is 10.0. The van der Waals surface area contributed by atoms with E-state index >= 15 is 0 Å². The number of hydrogen-bond acceptors (Lipinski definition) is 4. The molecular weight excluding hydrogens is 230 g/mol. The van der Waals surface area contributed by atoms with Gasteiger partial charge in [0, 0.05) is 24.6 Å². The van der Waals surface area contributed by atoms with Crippen LogP contribution >= 0.6 is 0 Å². The topological polar surface area (TPSA) is 47.6 Å². The Balaban J connectivity index is 1.91. The van der Waals surface area contributed by atoms with Crippen molar-refractivity contribution in [1.29, 1.82) is 0 Å². The highest BCUT2D eigenvalue weighted by Crippen LogP contribution is 2.14. The standard InChI is InChI=1S/C14H19NO3/c1-2-18-13-5-3-11(4-6-13)14(16)9-12-10-17-8-7-15-12/h3-6,12,15H,2,7-10H2,1H3. The van der Waals surface area contributed by atoms with Gasteiger partial charge >= 0.3 is 0 Å². The van der Waals surface area contributed by atoms with Gasteiger partial charge in [-0.2, -0.15) is 0 Å². The second kappa shape index (κ2) is 6.52. The molecule has 18 heavy (non-hydrogen) atoms. The molecule has 0 aromatic heterocycles. The Hall–Kier alpha value is -1.39. The second-order valence-electron chi connectivity index (χ2n) is 4.31. The Morgan fingerprint density at radius 1 is 1.44 bits per heavy atom. The molecule has 0 radical (unpaired) electrons. The molecule has 4 heteroatoms. The van der Waals surface area contributed by atoms with Crippen molar-refractivity contribution in [3.63, 3.8) is 0 Å². The van der Waals surface area contributed by atoms with Crippen LogP contribution in [0.1, 0.15) is 23.7 Å². The van der Waals surface area contributed by atoms with Crippen molar-refractivity contribution in [3.8, 4) is 5.75 Å². The van der Waals surface area contributed by atoms with Gasteiger partial charge in [-0.15, -0.1) is 0 Å². The van der Waals surface area contributed by atoms with E-state index < -0.39 is 0 Å². The smallest absolute Gasteiger partial charge is 0.164 e. The van der Waals surface area contributed by atoms with E-state index in [-0.39, 0.29) is 11.8 Å². The predicted octanol–water partition coefficient (Wildman–Crippen LogP) is 1.65. The summed E-state index contributed by atoms with van der Waals surface area (Å²) in [7, 11) is 0. The number of carbonyl (C=O) groups excluding carboxylic acids is 1. The number of hydrogen-bond donors (Lipinski definition) is 1. The van der Waals surface area contributed by atoms with Crippen LogP contribution in [0.15, 0.2) is 24.3 Å². The minimum atomic E-state index is 0.137. The van der Waals surface area contributed by atoms with E-state index in [0.29, 0.717) is 19.6 Å². The van der Waals surface area contributed by atoms with Gasteiger partial charge in [0.2, 0.25) is 0 Å². The third-order valence-corrected chi connectivity index (χ3v) is 2.92. The molecule has 1 aromatic rings. The van der Waals surface area contributed by atoms with Gasteiger partial charge < -0.3 is 14.8 Å². The first-order valence-electron chi connectivity index (χ1n) is 6.37. The van der Waals surface area contributed by atoms with Gasteiger partial charge in [0.25, 0.3) is 0 Å². The fourth-order valence-electron chi connectivity index (χ4n) is 2.00. The number of benzene rings is 1. The molecule has 4 nitrogen and oxygen atoms in total. The van der Waals surface area contributed by atoms with Crippen LogP contribution in [0.5, 0.6) is 5.75 Å². The lowest BCUT2D eigenvalue weighted by Gasteiger charge is -2.23. The number of ether oxygens (including phenoxy) is 2. The van der Waals surface area contributed by atoms with E-state index in [2.05, 4.69) is 5.32 Å². The summed E-state index contributed by atoms with van der Waals surface area (Å²) >= 11 is 0. The first-order chi connectivity index (χ1) is 8.79. The molecule has 1 fully saturated rings. The average Bonchev–Trinajstić information content (AvgIpc) is 2.41. The van der Waals surface area contributed by atoms with Crippen molar-refractivity contribution in [2.24, 2.45) is 0 Å². The summed E-state index contributed by atoms with van der Waals surface area (Å²) in [6, 6.07) is 7.44. The van der Waals surface area contributed by atoms with E-state index in [1.54, 1.807) is 0 Å². The third-order valence-electron chi connectivity index (χ3n) is 2.92. The molecule has 1 aliphatic rings. The summed E-state index contributed by atoms with van der Waals surface area (Å²) in [6.45, 7) is 4.74. The van der Waals surface area contributed by atoms with Crippen molar-refractivity contribution in [2.75, 3.05) is 26.4 Å². The fraction of sp³-hybridized carbons (Fsp3) is 0.500. The van der Waals surface area contributed by atoms with Crippen molar-refractivity contribution < 1.29 is 14.3 Å². The van der Waals surface area contributed by atoms with E-state index in [1.165, 1.54) is 0 Å². The molecule has 1 heterocycles. The average molecular weight is 249 g/mol. The quantitative estimate of drug-likeness (QED) is 0.806. The molecule has 98 valence electrons. The van der Waals surface area contributed by atoms with Crippen LogP contribution in [0.4, 0.5) is 0 Å². The maximum atomic E-state index is 12.0. The number of Topliss-reactive ketones (excluding diaryl/α,β-unsaturated/α-hetero) is 1. The maximum Gasteiger partial charge on any atom is 0.164 e. The SMILES string of the molecule is CCOc1ccc(C(=O)CC2COCCN2)cc1. The van der Waals surface area contributed by atoms with Gasteiger partial charge in [-0.3, -0.25) is 4.79 Å².